The Hall–Kier alpha value is -2.86. The molecule has 0 spiro atoms. The predicted molar refractivity (Wildman–Crippen MR) is 98.3 cm³/mol. The van der Waals surface area contributed by atoms with Gasteiger partial charge in [-0.15, -0.1) is 0 Å². The van der Waals surface area contributed by atoms with Crippen LogP contribution in [0.4, 0.5) is 5.82 Å². The lowest BCUT2D eigenvalue weighted by Gasteiger charge is -2.15. The molecule has 7 heteroatoms. The Kier molecular flexibility index (Phi) is 5.00. The van der Waals surface area contributed by atoms with E-state index in [9.17, 15) is 4.79 Å². The molecule has 0 saturated heterocycles. The van der Waals surface area contributed by atoms with Crippen LogP contribution in [0.15, 0.2) is 55.0 Å². The number of amides is 1. The Balaban J connectivity index is 1.72. The maximum Gasteiger partial charge on any atom is 0.254 e. The minimum atomic E-state index is -0.202. The standard InChI is InChI=1S/C18H18ClN5O/c1-23(2)17-13(6-5-9-20-17)10-21-18(25)14-11-22-24(12-14)16-8-4-3-7-15(16)19/h3-9,11-12H,10H2,1-2H3,(H,21,25). The molecule has 3 rings (SSSR count). The number of anilines is 1. The lowest BCUT2D eigenvalue weighted by Crippen LogP contribution is -2.24. The molecule has 0 aliphatic heterocycles. The zero-order chi connectivity index (χ0) is 17.8. The van der Waals surface area contributed by atoms with Crippen molar-refractivity contribution >= 4 is 23.3 Å². The summed E-state index contributed by atoms with van der Waals surface area (Å²) in [5.41, 5.74) is 2.14. The Labute approximate surface area is 151 Å². The third-order valence-corrected chi connectivity index (χ3v) is 3.99. The summed E-state index contributed by atoms with van der Waals surface area (Å²) < 4.78 is 1.59. The monoisotopic (exact) mass is 355 g/mol. The Morgan fingerprint density at radius 1 is 1.24 bits per heavy atom. The highest BCUT2D eigenvalue weighted by Crippen LogP contribution is 2.19. The number of rotatable bonds is 5. The van der Waals surface area contributed by atoms with Gasteiger partial charge in [-0.25, -0.2) is 9.67 Å². The van der Waals surface area contributed by atoms with Crippen LogP contribution in [-0.2, 0) is 6.54 Å². The lowest BCUT2D eigenvalue weighted by molar-refractivity contribution is 0.0951. The van der Waals surface area contributed by atoms with Crippen LogP contribution in [0.5, 0.6) is 0 Å². The summed E-state index contributed by atoms with van der Waals surface area (Å²) in [5.74, 6) is 0.626. The fraction of sp³-hybridized carbons (Fsp3) is 0.167. The molecule has 3 aromatic rings. The Morgan fingerprint density at radius 3 is 2.80 bits per heavy atom. The van der Waals surface area contributed by atoms with E-state index in [1.807, 2.05) is 49.3 Å². The van der Waals surface area contributed by atoms with E-state index in [0.717, 1.165) is 17.1 Å². The van der Waals surface area contributed by atoms with Crippen molar-refractivity contribution in [2.45, 2.75) is 6.54 Å². The maximum absolute atomic E-state index is 12.4. The number of benzene rings is 1. The second-order valence-corrected chi connectivity index (χ2v) is 6.10. The second-order valence-electron chi connectivity index (χ2n) is 5.69. The summed E-state index contributed by atoms with van der Waals surface area (Å²) in [7, 11) is 3.84. The molecule has 1 amide bonds. The number of para-hydroxylation sites is 1. The molecule has 0 atom stereocenters. The number of nitrogens with one attached hydrogen (secondary N) is 1. The molecule has 1 N–H and O–H groups in total. The normalized spacial score (nSPS) is 10.5. The van der Waals surface area contributed by atoms with E-state index in [0.29, 0.717) is 17.1 Å². The van der Waals surface area contributed by atoms with Gasteiger partial charge in [-0.1, -0.05) is 29.8 Å². The first-order chi connectivity index (χ1) is 12.1. The SMILES string of the molecule is CN(C)c1ncccc1CNC(=O)c1cnn(-c2ccccc2Cl)c1. The number of nitrogens with zero attached hydrogens (tertiary/aromatic N) is 4. The molecule has 0 bridgehead atoms. The molecule has 0 unspecified atom stereocenters. The largest absolute Gasteiger partial charge is 0.362 e. The van der Waals surface area contributed by atoms with Crippen molar-refractivity contribution in [3.63, 3.8) is 0 Å². The number of carbonyl (C=O) groups is 1. The van der Waals surface area contributed by atoms with Crippen LogP contribution in [0.2, 0.25) is 5.02 Å². The number of halogens is 1. The molecular weight excluding hydrogens is 338 g/mol. The summed E-state index contributed by atoms with van der Waals surface area (Å²) in [6.45, 7) is 0.386. The summed E-state index contributed by atoms with van der Waals surface area (Å²) >= 11 is 6.16. The van der Waals surface area contributed by atoms with Gasteiger partial charge in [-0.2, -0.15) is 5.10 Å². The van der Waals surface area contributed by atoms with Gasteiger partial charge in [0.15, 0.2) is 0 Å². The van der Waals surface area contributed by atoms with Crippen LogP contribution in [-0.4, -0.2) is 34.8 Å². The van der Waals surface area contributed by atoms with E-state index in [1.54, 1.807) is 23.1 Å². The van der Waals surface area contributed by atoms with E-state index in [1.165, 1.54) is 6.20 Å². The fourth-order valence-electron chi connectivity index (χ4n) is 2.46. The smallest absolute Gasteiger partial charge is 0.254 e. The summed E-state index contributed by atoms with van der Waals surface area (Å²) in [6, 6.07) is 11.1. The molecule has 6 nitrogen and oxygen atoms in total. The van der Waals surface area contributed by atoms with Gasteiger partial charge in [0.25, 0.3) is 5.91 Å². The van der Waals surface area contributed by atoms with E-state index < -0.39 is 0 Å². The molecule has 128 valence electrons. The van der Waals surface area contributed by atoms with Crippen LogP contribution >= 0.6 is 11.6 Å². The van der Waals surface area contributed by atoms with Gasteiger partial charge in [-0.05, 0) is 18.2 Å². The number of pyridine rings is 1. The first-order valence-electron chi connectivity index (χ1n) is 7.75. The highest BCUT2D eigenvalue weighted by molar-refractivity contribution is 6.32. The van der Waals surface area contributed by atoms with E-state index >= 15 is 0 Å². The molecule has 2 aromatic heterocycles. The third kappa shape index (κ3) is 3.80. The third-order valence-electron chi connectivity index (χ3n) is 3.67. The van der Waals surface area contributed by atoms with Gasteiger partial charge in [-0.3, -0.25) is 4.79 Å². The minimum absolute atomic E-state index is 0.202. The molecule has 0 radical (unpaired) electrons. The quantitative estimate of drug-likeness (QED) is 0.764. The molecule has 0 aliphatic carbocycles. The molecule has 0 fully saturated rings. The van der Waals surface area contributed by atoms with Crippen molar-refractivity contribution < 1.29 is 4.79 Å². The van der Waals surface area contributed by atoms with Crippen molar-refractivity contribution in [2.75, 3.05) is 19.0 Å². The van der Waals surface area contributed by atoms with Crippen LogP contribution in [0.1, 0.15) is 15.9 Å². The molecule has 1 aromatic carbocycles. The topological polar surface area (TPSA) is 63.1 Å². The van der Waals surface area contributed by atoms with Crippen molar-refractivity contribution in [3.8, 4) is 5.69 Å². The lowest BCUT2D eigenvalue weighted by atomic mass is 10.2. The molecule has 0 saturated carbocycles. The van der Waals surface area contributed by atoms with Gasteiger partial charge in [0.05, 0.1) is 22.5 Å². The zero-order valence-electron chi connectivity index (χ0n) is 14.0. The van der Waals surface area contributed by atoms with E-state index in [2.05, 4.69) is 15.4 Å². The Bertz CT molecular complexity index is 890. The van der Waals surface area contributed by atoms with Crippen LogP contribution in [0.3, 0.4) is 0 Å². The van der Waals surface area contributed by atoms with Crippen LogP contribution in [0, 0.1) is 0 Å². The zero-order valence-corrected chi connectivity index (χ0v) is 14.7. The fourth-order valence-corrected chi connectivity index (χ4v) is 2.68. The highest BCUT2D eigenvalue weighted by atomic mass is 35.5. The maximum atomic E-state index is 12.4. The summed E-state index contributed by atoms with van der Waals surface area (Å²) in [4.78, 5) is 18.6. The minimum Gasteiger partial charge on any atom is -0.362 e. The van der Waals surface area contributed by atoms with Crippen LogP contribution < -0.4 is 10.2 Å². The number of carbonyl (C=O) groups excluding carboxylic acids is 1. The van der Waals surface area contributed by atoms with Crippen molar-refractivity contribution in [2.24, 2.45) is 0 Å². The number of aromatic nitrogens is 3. The van der Waals surface area contributed by atoms with Gasteiger partial charge < -0.3 is 10.2 Å². The first kappa shape index (κ1) is 17.0. The van der Waals surface area contributed by atoms with Crippen molar-refractivity contribution in [1.29, 1.82) is 0 Å². The number of hydrogen-bond donors (Lipinski definition) is 1. The molecule has 2 heterocycles. The Morgan fingerprint density at radius 2 is 2.04 bits per heavy atom. The first-order valence-corrected chi connectivity index (χ1v) is 8.13. The van der Waals surface area contributed by atoms with Gasteiger partial charge in [0.1, 0.15) is 5.82 Å². The van der Waals surface area contributed by atoms with Gasteiger partial charge in [0, 0.05) is 38.6 Å². The molecule has 25 heavy (non-hydrogen) atoms. The summed E-state index contributed by atoms with van der Waals surface area (Å²) in [5, 5.41) is 7.69. The van der Waals surface area contributed by atoms with E-state index in [-0.39, 0.29) is 5.91 Å². The number of hydrogen-bond acceptors (Lipinski definition) is 4. The van der Waals surface area contributed by atoms with Crippen molar-refractivity contribution in [1.82, 2.24) is 20.1 Å². The summed E-state index contributed by atoms with van der Waals surface area (Å²) in [6.07, 6.45) is 4.91. The average Bonchev–Trinajstić information content (AvgIpc) is 3.10. The predicted octanol–water partition coefficient (Wildman–Crippen LogP) is 2.92. The second kappa shape index (κ2) is 7.36. The average molecular weight is 356 g/mol. The van der Waals surface area contributed by atoms with E-state index in [4.69, 9.17) is 11.6 Å². The van der Waals surface area contributed by atoms with Crippen molar-refractivity contribution in [3.05, 3.63) is 71.1 Å². The highest BCUT2D eigenvalue weighted by Gasteiger charge is 2.12. The van der Waals surface area contributed by atoms with Gasteiger partial charge in [0.2, 0.25) is 0 Å². The van der Waals surface area contributed by atoms with Crippen LogP contribution in [0.25, 0.3) is 5.69 Å². The van der Waals surface area contributed by atoms with Gasteiger partial charge >= 0.3 is 0 Å². The molecule has 0 aliphatic rings. The molecular formula is C18H18ClN5O.